The lowest BCUT2D eigenvalue weighted by Gasteiger charge is -2.20. The molecular weight excluding hydrogens is 232 g/mol. The third-order valence-corrected chi connectivity index (χ3v) is 3.61. The van der Waals surface area contributed by atoms with Gasteiger partial charge in [-0.25, -0.2) is 0 Å². The monoisotopic (exact) mass is 262 g/mol. The van der Waals surface area contributed by atoms with Gasteiger partial charge in [-0.3, -0.25) is 0 Å². The first-order valence-electron chi connectivity index (χ1n) is 7.69. The lowest BCUT2D eigenvalue weighted by molar-refractivity contribution is 0.482. The summed E-state index contributed by atoms with van der Waals surface area (Å²) >= 11 is 0. The summed E-state index contributed by atoms with van der Waals surface area (Å²) in [7, 11) is 4.17. The van der Waals surface area contributed by atoms with Gasteiger partial charge in [0.15, 0.2) is 0 Å². The number of hydrogen-bond acceptors (Lipinski definition) is 2. The van der Waals surface area contributed by atoms with Crippen LogP contribution in [0.15, 0.2) is 24.3 Å². The van der Waals surface area contributed by atoms with Crippen LogP contribution in [-0.4, -0.2) is 20.6 Å². The van der Waals surface area contributed by atoms with Gasteiger partial charge in [-0.05, 0) is 30.7 Å². The smallest absolute Gasteiger partial charge is 0.0361 e. The van der Waals surface area contributed by atoms with E-state index in [2.05, 4.69) is 62.4 Å². The Kier molecular flexibility index (Phi) is 7.57. The minimum absolute atomic E-state index is 0.512. The van der Waals surface area contributed by atoms with Crippen LogP contribution in [0.3, 0.4) is 0 Å². The van der Waals surface area contributed by atoms with Crippen LogP contribution in [0.4, 0.5) is 5.69 Å². The maximum atomic E-state index is 3.61. The zero-order valence-electron chi connectivity index (χ0n) is 13.1. The van der Waals surface area contributed by atoms with Crippen molar-refractivity contribution in [3.05, 3.63) is 29.8 Å². The first-order valence-corrected chi connectivity index (χ1v) is 7.69. The molecule has 2 nitrogen and oxygen atoms in total. The Bertz CT molecular complexity index is 330. The molecule has 1 aromatic carbocycles. The Hall–Kier alpha value is -1.02. The van der Waals surface area contributed by atoms with Crippen molar-refractivity contribution in [3.63, 3.8) is 0 Å². The van der Waals surface area contributed by atoms with E-state index >= 15 is 0 Å². The fraction of sp³-hybridized carbons (Fsp3) is 0.647. The topological polar surface area (TPSA) is 15.3 Å². The van der Waals surface area contributed by atoms with Crippen molar-refractivity contribution in [2.45, 2.75) is 52.0 Å². The molecule has 0 bridgehead atoms. The van der Waals surface area contributed by atoms with Crippen molar-refractivity contribution in [2.24, 2.45) is 0 Å². The van der Waals surface area contributed by atoms with Gasteiger partial charge in [0.05, 0.1) is 0 Å². The molecule has 0 fully saturated rings. The Morgan fingerprint density at radius 3 is 2.21 bits per heavy atom. The molecule has 0 aliphatic carbocycles. The van der Waals surface area contributed by atoms with Gasteiger partial charge < -0.3 is 10.2 Å². The summed E-state index contributed by atoms with van der Waals surface area (Å²) in [5.41, 5.74) is 2.69. The Balaban J connectivity index is 2.59. The van der Waals surface area contributed by atoms with E-state index in [0.29, 0.717) is 6.04 Å². The summed E-state index contributed by atoms with van der Waals surface area (Å²) in [4.78, 5) is 2.15. The molecule has 2 heteroatoms. The first-order chi connectivity index (χ1) is 9.19. The van der Waals surface area contributed by atoms with Gasteiger partial charge in [0.2, 0.25) is 0 Å². The Morgan fingerprint density at radius 2 is 1.68 bits per heavy atom. The van der Waals surface area contributed by atoms with Crippen LogP contribution in [0.5, 0.6) is 0 Å². The first kappa shape index (κ1) is 16.0. The molecule has 1 aromatic rings. The maximum Gasteiger partial charge on any atom is 0.0361 e. The summed E-state index contributed by atoms with van der Waals surface area (Å²) in [6.07, 6.45) is 6.59. The van der Waals surface area contributed by atoms with Crippen molar-refractivity contribution in [2.75, 3.05) is 25.5 Å². The number of nitrogens with zero attached hydrogens (tertiary/aromatic N) is 1. The average molecular weight is 262 g/mol. The highest BCUT2D eigenvalue weighted by molar-refractivity contribution is 5.46. The predicted molar refractivity (Wildman–Crippen MR) is 85.9 cm³/mol. The molecule has 0 saturated heterocycles. The van der Waals surface area contributed by atoms with Crippen molar-refractivity contribution < 1.29 is 0 Å². The fourth-order valence-electron chi connectivity index (χ4n) is 2.41. The molecule has 19 heavy (non-hydrogen) atoms. The standard InChI is InChI=1S/C17H30N2/c1-5-7-8-9-10-17(18-6-2)15-11-13-16(14-12-15)19(3)4/h11-14,17-18H,5-10H2,1-4H3. The second-order valence-corrected chi connectivity index (χ2v) is 5.45. The van der Waals surface area contributed by atoms with Crippen molar-refractivity contribution >= 4 is 5.69 Å². The van der Waals surface area contributed by atoms with Crippen LogP contribution < -0.4 is 10.2 Å². The van der Waals surface area contributed by atoms with E-state index in [0.717, 1.165) is 6.54 Å². The van der Waals surface area contributed by atoms with Gasteiger partial charge in [-0.2, -0.15) is 0 Å². The Morgan fingerprint density at radius 1 is 1.00 bits per heavy atom. The van der Waals surface area contributed by atoms with Crippen molar-refractivity contribution in [1.82, 2.24) is 5.32 Å². The van der Waals surface area contributed by atoms with Gasteiger partial charge >= 0.3 is 0 Å². The van der Waals surface area contributed by atoms with Crippen LogP contribution >= 0.6 is 0 Å². The maximum absolute atomic E-state index is 3.61. The molecule has 0 saturated carbocycles. The average Bonchev–Trinajstić information content (AvgIpc) is 2.42. The second kappa shape index (κ2) is 8.98. The zero-order valence-corrected chi connectivity index (χ0v) is 13.1. The van der Waals surface area contributed by atoms with E-state index < -0.39 is 0 Å². The van der Waals surface area contributed by atoms with Gasteiger partial charge in [0.1, 0.15) is 0 Å². The lowest BCUT2D eigenvalue weighted by Crippen LogP contribution is -2.21. The minimum Gasteiger partial charge on any atom is -0.378 e. The van der Waals surface area contributed by atoms with Gasteiger partial charge in [-0.1, -0.05) is 51.7 Å². The lowest BCUT2D eigenvalue weighted by atomic mass is 9.99. The number of benzene rings is 1. The number of anilines is 1. The molecule has 0 aromatic heterocycles. The molecule has 0 amide bonds. The molecular formula is C17H30N2. The largest absolute Gasteiger partial charge is 0.378 e. The zero-order chi connectivity index (χ0) is 14.1. The number of rotatable bonds is 9. The third-order valence-electron chi connectivity index (χ3n) is 3.61. The van der Waals surface area contributed by atoms with E-state index in [-0.39, 0.29) is 0 Å². The molecule has 108 valence electrons. The molecule has 0 spiro atoms. The van der Waals surface area contributed by atoms with Crippen molar-refractivity contribution in [1.29, 1.82) is 0 Å². The van der Waals surface area contributed by atoms with E-state index in [1.165, 1.54) is 43.4 Å². The van der Waals surface area contributed by atoms with Crippen LogP contribution in [0.25, 0.3) is 0 Å². The summed E-state index contributed by atoms with van der Waals surface area (Å²) in [5, 5.41) is 3.61. The highest BCUT2D eigenvalue weighted by atomic mass is 15.1. The molecule has 1 N–H and O–H groups in total. The summed E-state index contributed by atoms with van der Waals surface area (Å²) in [6, 6.07) is 9.47. The van der Waals surface area contributed by atoms with Crippen molar-refractivity contribution in [3.8, 4) is 0 Å². The number of hydrogen-bond donors (Lipinski definition) is 1. The van der Waals surface area contributed by atoms with E-state index in [9.17, 15) is 0 Å². The van der Waals surface area contributed by atoms with E-state index in [4.69, 9.17) is 0 Å². The molecule has 1 atom stereocenters. The van der Waals surface area contributed by atoms with E-state index in [1.807, 2.05) is 0 Å². The second-order valence-electron chi connectivity index (χ2n) is 5.45. The fourth-order valence-corrected chi connectivity index (χ4v) is 2.41. The van der Waals surface area contributed by atoms with Gasteiger partial charge in [0, 0.05) is 25.8 Å². The summed E-state index contributed by atoms with van der Waals surface area (Å²) in [6.45, 7) is 5.49. The SMILES string of the molecule is CCCCCCC(NCC)c1ccc(N(C)C)cc1. The summed E-state index contributed by atoms with van der Waals surface area (Å²) in [5.74, 6) is 0. The molecule has 0 aliphatic heterocycles. The predicted octanol–water partition coefficient (Wildman–Crippen LogP) is 4.37. The van der Waals surface area contributed by atoms with Crippen LogP contribution in [0.1, 0.15) is 57.6 Å². The van der Waals surface area contributed by atoms with Crippen LogP contribution in [0, 0.1) is 0 Å². The van der Waals surface area contributed by atoms with Gasteiger partial charge in [0.25, 0.3) is 0 Å². The quantitative estimate of drug-likeness (QED) is 0.665. The van der Waals surface area contributed by atoms with E-state index in [1.54, 1.807) is 0 Å². The number of unbranched alkanes of at least 4 members (excludes halogenated alkanes) is 3. The molecule has 1 rings (SSSR count). The summed E-state index contributed by atoms with van der Waals surface area (Å²) < 4.78 is 0. The molecule has 0 aliphatic rings. The third kappa shape index (κ3) is 5.65. The highest BCUT2D eigenvalue weighted by Gasteiger charge is 2.09. The molecule has 1 unspecified atom stereocenters. The van der Waals surface area contributed by atoms with Crippen LogP contribution in [0.2, 0.25) is 0 Å². The molecule has 0 radical (unpaired) electrons. The van der Waals surface area contributed by atoms with Crippen LogP contribution in [-0.2, 0) is 0 Å². The number of nitrogens with one attached hydrogen (secondary N) is 1. The van der Waals surface area contributed by atoms with Gasteiger partial charge in [-0.15, -0.1) is 0 Å². The minimum atomic E-state index is 0.512. The Labute approximate surface area is 119 Å². The molecule has 0 heterocycles. The highest BCUT2D eigenvalue weighted by Crippen LogP contribution is 2.22. The normalized spacial score (nSPS) is 12.4.